The Kier molecular flexibility index (Phi) is 7.75. The van der Waals surface area contributed by atoms with Gasteiger partial charge in [0.15, 0.2) is 0 Å². The van der Waals surface area contributed by atoms with Gasteiger partial charge >= 0.3 is 0 Å². The van der Waals surface area contributed by atoms with Crippen molar-refractivity contribution in [3.8, 4) is 27.9 Å². The lowest BCUT2D eigenvalue weighted by atomic mass is 10.00. The van der Waals surface area contributed by atoms with Crippen LogP contribution in [-0.2, 0) is 0 Å². The Morgan fingerprint density at radius 2 is 0.983 bits per heavy atom. The van der Waals surface area contributed by atoms with Gasteiger partial charge in [0.25, 0.3) is 0 Å². The topological polar surface area (TPSA) is 8.17 Å². The molecule has 3 heteroatoms. The van der Waals surface area contributed by atoms with E-state index >= 15 is 0 Å². The van der Waals surface area contributed by atoms with Crippen LogP contribution in [0.2, 0.25) is 0 Å². The van der Waals surface area contributed by atoms with Crippen molar-refractivity contribution >= 4 is 91.9 Å². The van der Waals surface area contributed by atoms with Crippen LogP contribution >= 0.6 is 11.3 Å². The van der Waals surface area contributed by atoms with E-state index in [-0.39, 0.29) is 0 Å². The second kappa shape index (κ2) is 13.6. The molecule has 0 atom stereocenters. The molecule has 0 saturated carbocycles. The highest BCUT2D eigenvalue weighted by molar-refractivity contribution is 7.26. The lowest BCUT2D eigenvalue weighted by molar-refractivity contribution is 1.19. The lowest BCUT2D eigenvalue weighted by Crippen LogP contribution is -2.10. The summed E-state index contributed by atoms with van der Waals surface area (Å²) in [5.74, 6) is 0. The predicted octanol–water partition coefficient (Wildman–Crippen LogP) is 16.3. The van der Waals surface area contributed by atoms with Crippen molar-refractivity contribution < 1.29 is 0 Å². The molecule has 10 aromatic carbocycles. The van der Waals surface area contributed by atoms with Crippen molar-refractivity contribution in [1.82, 2.24) is 4.57 Å². The van der Waals surface area contributed by atoms with Gasteiger partial charge in [0.2, 0.25) is 0 Å². The molecular weight excluding hydrogens is 733 g/mol. The fraction of sp³-hybridized carbons (Fsp3) is 0. The van der Waals surface area contributed by atoms with Gasteiger partial charge in [-0.3, -0.25) is 0 Å². The summed E-state index contributed by atoms with van der Waals surface area (Å²) < 4.78 is 5.07. The van der Waals surface area contributed by atoms with Crippen LogP contribution in [0.5, 0.6) is 0 Å². The van der Waals surface area contributed by atoms with Crippen LogP contribution in [0.4, 0.5) is 17.1 Å². The number of fused-ring (bicyclic) bond motifs is 8. The Morgan fingerprint density at radius 3 is 1.81 bits per heavy atom. The first-order valence-corrected chi connectivity index (χ1v) is 21.0. The van der Waals surface area contributed by atoms with Crippen molar-refractivity contribution in [1.29, 1.82) is 0 Å². The Morgan fingerprint density at radius 1 is 0.339 bits per heavy atom. The van der Waals surface area contributed by atoms with Crippen LogP contribution in [0, 0.1) is 0 Å². The summed E-state index contributed by atoms with van der Waals surface area (Å²) >= 11 is 1.88. The molecule has 0 spiro atoms. The van der Waals surface area contributed by atoms with E-state index in [4.69, 9.17) is 0 Å². The molecular formula is C56H36N2S. The summed E-state index contributed by atoms with van der Waals surface area (Å²) in [7, 11) is 0. The molecule has 0 amide bonds. The van der Waals surface area contributed by atoms with E-state index in [9.17, 15) is 0 Å². The number of benzene rings is 10. The molecule has 0 saturated heterocycles. The SMILES string of the molecule is c1ccc(-c2cccc(N(c3ccc(-c4cc(-n5c6ccccc6c6cc7ccccc7cc65)cc5c4sc4ccccc45)cc3)c3ccc4ccccc4c3)c2)cc1. The minimum absolute atomic E-state index is 1.10. The molecule has 12 rings (SSSR count). The minimum Gasteiger partial charge on any atom is -0.310 e. The average molecular weight is 769 g/mol. The Hall–Kier alpha value is -7.46. The summed E-state index contributed by atoms with van der Waals surface area (Å²) in [6.07, 6.45) is 0. The van der Waals surface area contributed by atoms with E-state index in [0.717, 1.165) is 22.7 Å². The molecule has 0 aliphatic carbocycles. The van der Waals surface area contributed by atoms with Crippen molar-refractivity contribution in [2.45, 2.75) is 0 Å². The van der Waals surface area contributed by atoms with Crippen LogP contribution < -0.4 is 4.90 Å². The zero-order valence-electron chi connectivity index (χ0n) is 32.1. The van der Waals surface area contributed by atoms with Crippen molar-refractivity contribution in [3.63, 3.8) is 0 Å². The van der Waals surface area contributed by atoms with Crippen molar-refractivity contribution in [2.24, 2.45) is 0 Å². The van der Waals surface area contributed by atoms with Crippen LogP contribution in [0.1, 0.15) is 0 Å². The van der Waals surface area contributed by atoms with Crippen molar-refractivity contribution in [3.05, 3.63) is 218 Å². The maximum absolute atomic E-state index is 2.47. The molecule has 2 heterocycles. The third-order valence-electron chi connectivity index (χ3n) is 11.9. The highest BCUT2D eigenvalue weighted by Gasteiger charge is 2.19. The maximum Gasteiger partial charge on any atom is 0.0547 e. The zero-order chi connectivity index (χ0) is 38.9. The first-order chi connectivity index (χ1) is 29.2. The number of hydrogen-bond donors (Lipinski definition) is 0. The van der Waals surface area contributed by atoms with Gasteiger partial charge < -0.3 is 9.47 Å². The molecule has 0 N–H and O–H groups in total. The smallest absolute Gasteiger partial charge is 0.0547 e. The van der Waals surface area contributed by atoms with Crippen LogP contribution in [0.25, 0.3) is 91.5 Å². The number of thiophene rings is 1. The van der Waals surface area contributed by atoms with Crippen LogP contribution in [-0.4, -0.2) is 4.57 Å². The molecule has 12 aromatic rings. The van der Waals surface area contributed by atoms with Gasteiger partial charge in [-0.2, -0.15) is 0 Å². The summed E-state index contributed by atoms with van der Waals surface area (Å²) in [6.45, 7) is 0. The average Bonchev–Trinajstić information content (AvgIpc) is 3.84. The van der Waals surface area contributed by atoms with Crippen molar-refractivity contribution in [2.75, 3.05) is 4.90 Å². The number of hydrogen-bond acceptors (Lipinski definition) is 2. The second-order valence-corrected chi connectivity index (χ2v) is 16.4. The minimum atomic E-state index is 1.10. The van der Waals surface area contributed by atoms with Gasteiger partial charge in [-0.05, 0) is 111 Å². The van der Waals surface area contributed by atoms with E-state index in [1.54, 1.807) is 0 Å². The third-order valence-corrected chi connectivity index (χ3v) is 13.1. The van der Waals surface area contributed by atoms with Crippen LogP contribution in [0.3, 0.4) is 0 Å². The number of nitrogens with zero attached hydrogens (tertiary/aromatic N) is 2. The maximum atomic E-state index is 2.47. The number of anilines is 3. The number of para-hydroxylation sites is 1. The molecule has 2 nitrogen and oxygen atoms in total. The molecule has 0 unspecified atom stereocenters. The molecule has 0 bridgehead atoms. The Bertz CT molecular complexity index is 3560. The number of rotatable bonds is 6. The second-order valence-electron chi connectivity index (χ2n) is 15.4. The standard InChI is InChI=1S/C56H36N2S/c1-2-13-37(14-3-1)41-19-12-20-45(31-41)57(46-30-25-38-15-4-5-16-40(38)32-46)44-28-26-39(27-29-44)50-35-47(36-52-49-22-9-11-24-55(49)59-56(50)52)58-53-23-10-8-21-48(53)51-33-42-17-6-7-18-43(42)34-54(51)58/h1-36H. The fourth-order valence-corrected chi connectivity index (χ4v) is 10.3. The van der Waals surface area contributed by atoms with E-state index in [1.165, 1.54) is 85.8 Å². The highest BCUT2D eigenvalue weighted by Crippen LogP contribution is 2.45. The molecule has 59 heavy (non-hydrogen) atoms. The quantitative estimate of drug-likeness (QED) is 0.164. The first kappa shape index (κ1) is 33.7. The molecule has 0 radical (unpaired) electrons. The summed E-state index contributed by atoms with van der Waals surface area (Å²) in [4.78, 5) is 2.39. The molecule has 0 aliphatic rings. The Balaban J connectivity index is 1.05. The normalized spacial score (nSPS) is 11.7. The van der Waals surface area contributed by atoms with E-state index in [1.807, 2.05) is 11.3 Å². The van der Waals surface area contributed by atoms with E-state index < -0.39 is 0 Å². The largest absolute Gasteiger partial charge is 0.310 e. The predicted molar refractivity (Wildman–Crippen MR) is 254 cm³/mol. The van der Waals surface area contributed by atoms with Gasteiger partial charge in [-0.25, -0.2) is 0 Å². The summed E-state index contributed by atoms with van der Waals surface area (Å²) in [5, 5.41) is 10.1. The van der Waals surface area contributed by atoms with Gasteiger partial charge in [0, 0.05) is 59.3 Å². The van der Waals surface area contributed by atoms with Crippen LogP contribution in [0.15, 0.2) is 218 Å². The van der Waals surface area contributed by atoms with Gasteiger partial charge in [-0.1, -0.05) is 146 Å². The van der Waals surface area contributed by atoms with Gasteiger partial charge in [-0.15, -0.1) is 11.3 Å². The first-order valence-electron chi connectivity index (χ1n) is 20.2. The molecule has 2 aromatic heterocycles. The highest BCUT2D eigenvalue weighted by atomic mass is 32.1. The van der Waals surface area contributed by atoms with Gasteiger partial charge in [0.1, 0.15) is 0 Å². The van der Waals surface area contributed by atoms with Gasteiger partial charge in [0.05, 0.1) is 11.0 Å². The third kappa shape index (κ3) is 5.62. The Labute approximate surface area is 346 Å². The monoisotopic (exact) mass is 768 g/mol. The fourth-order valence-electron chi connectivity index (χ4n) is 9.10. The van der Waals surface area contributed by atoms with E-state index in [2.05, 4.69) is 228 Å². The zero-order valence-corrected chi connectivity index (χ0v) is 32.9. The molecule has 0 aliphatic heterocycles. The van der Waals surface area contributed by atoms with E-state index in [0.29, 0.717) is 0 Å². The summed E-state index contributed by atoms with van der Waals surface area (Å²) in [5.41, 5.74) is 11.7. The molecule has 0 fully saturated rings. The summed E-state index contributed by atoms with van der Waals surface area (Å²) in [6, 6.07) is 80.0. The molecule has 276 valence electrons. The lowest BCUT2D eigenvalue weighted by Gasteiger charge is -2.26. The number of aromatic nitrogens is 1.